The van der Waals surface area contributed by atoms with Gasteiger partial charge in [-0.3, -0.25) is 26.1 Å². The van der Waals surface area contributed by atoms with E-state index in [1.165, 1.54) is 7.05 Å². The lowest BCUT2D eigenvalue weighted by Crippen LogP contribution is -2.50. The van der Waals surface area contributed by atoms with Gasteiger partial charge in [-0.05, 0) is 0 Å². The van der Waals surface area contributed by atoms with Crippen molar-refractivity contribution in [3.63, 3.8) is 0 Å². The van der Waals surface area contributed by atoms with Gasteiger partial charge in [-0.1, -0.05) is 0 Å². The summed E-state index contributed by atoms with van der Waals surface area (Å²) in [7, 11) is 1.38. The minimum atomic E-state index is -1.13. The number of rotatable bonds is 5. The highest BCUT2D eigenvalue weighted by Crippen LogP contribution is 2.05. The molecule has 7 heteroatoms. The predicted octanol–water partition coefficient (Wildman–Crippen LogP) is -4.55. The lowest BCUT2D eigenvalue weighted by molar-refractivity contribution is -0.136. The summed E-state index contributed by atoms with van der Waals surface area (Å²) < 4.78 is 0. The summed E-state index contributed by atoms with van der Waals surface area (Å²) in [5, 5.41) is 21.3. The van der Waals surface area contributed by atoms with Crippen molar-refractivity contribution in [1.29, 1.82) is 0 Å². The molecule has 0 saturated carbocycles. The number of carboxylic acids is 1. The Kier molecular flexibility index (Phi) is 4.73. The van der Waals surface area contributed by atoms with E-state index in [9.17, 15) is 9.59 Å². The summed E-state index contributed by atoms with van der Waals surface area (Å²) in [4.78, 5) is 21.8. The maximum absolute atomic E-state index is 11.3. The Hall–Kier alpha value is -2.18. The van der Waals surface area contributed by atoms with Gasteiger partial charge in [0.1, 0.15) is 5.57 Å². The van der Waals surface area contributed by atoms with E-state index >= 15 is 0 Å². The molecule has 0 fully saturated rings. The summed E-state index contributed by atoms with van der Waals surface area (Å²) in [6.07, 6.45) is 0.579. The van der Waals surface area contributed by atoms with Crippen LogP contribution in [0.2, 0.25) is 0 Å². The Morgan fingerprint density at radius 3 is 2.33 bits per heavy atom. The summed E-state index contributed by atoms with van der Waals surface area (Å²) in [5.41, 5.74) is 5.23. The van der Waals surface area contributed by atoms with Crippen LogP contribution in [0.5, 0.6) is 0 Å². The second kappa shape index (κ2) is 5.53. The van der Waals surface area contributed by atoms with E-state index in [1.54, 1.807) is 0 Å². The van der Waals surface area contributed by atoms with Crippen LogP contribution >= 0.6 is 0 Å². The van der Waals surface area contributed by atoms with E-state index in [4.69, 9.17) is 21.7 Å². The SMILES string of the molecule is CNC(=O)/C(C(N)=[NH2+])=C(/C=[NH2+])CC(=O)O. The first kappa shape index (κ1) is 12.8. The van der Waals surface area contributed by atoms with Crippen LogP contribution in [0.3, 0.4) is 0 Å². The minimum absolute atomic E-state index is 0.0712. The van der Waals surface area contributed by atoms with Gasteiger partial charge in [0, 0.05) is 12.6 Å². The number of nitrogens with one attached hydrogen (secondary N) is 1. The highest BCUT2D eigenvalue weighted by molar-refractivity contribution is 6.21. The smallest absolute Gasteiger partial charge is 0.308 e. The van der Waals surface area contributed by atoms with Crippen LogP contribution < -0.4 is 21.9 Å². The minimum Gasteiger partial charge on any atom is -0.481 e. The van der Waals surface area contributed by atoms with Gasteiger partial charge in [0.2, 0.25) is 0 Å². The number of amidine groups is 1. The molecule has 0 unspecified atom stereocenters. The van der Waals surface area contributed by atoms with Crippen LogP contribution in [0.4, 0.5) is 0 Å². The van der Waals surface area contributed by atoms with Gasteiger partial charge in [0.15, 0.2) is 6.21 Å². The average Bonchev–Trinajstić information content (AvgIpc) is 2.15. The fraction of sp³-hybridized carbons (Fsp3) is 0.250. The van der Waals surface area contributed by atoms with Crippen molar-refractivity contribution < 1.29 is 25.5 Å². The Labute approximate surface area is 86.0 Å². The lowest BCUT2D eigenvalue weighted by atomic mass is 10.0. The molecule has 0 aliphatic carbocycles. The molecule has 8 N–H and O–H groups in total. The maximum atomic E-state index is 11.3. The standard InChI is InChI=1S/C8H12N4O3/c1-12-8(15)6(7(10)11)4(3-9)2-5(13)14/h3,9H,2H2,1H3,(H3,10,11)(H,12,15)(H,13,14)/p+2/b6-4+,9-3?. The molecule has 1 amide bonds. The summed E-state index contributed by atoms with van der Waals surface area (Å²) >= 11 is 0. The molecule has 0 radical (unpaired) electrons. The van der Waals surface area contributed by atoms with Gasteiger partial charge in [0.25, 0.3) is 11.7 Å². The van der Waals surface area contributed by atoms with Gasteiger partial charge < -0.3 is 10.4 Å². The molecule has 7 nitrogen and oxygen atoms in total. The third kappa shape index (κ3) is 3.59. The zero-order chi connectivity index (χ0) is 12.0. The van der Waals surface area contributed by atoms with Gasteiger partial charge in [-0.25, -0.2) is 0 Å². The van der Waals surface area contributed by atoms with Crippen molar-refractivity contribution in [2.45, 2.75) is 6.42 Å². The highest BCUT2D eigenvalue weighted by Gasteiger charge is 2.22. The van der Waals surface area contributed by atoms with Gasteiger partial charge in [-0.2, -0.15) is 0 Å². The van der Waals surface area contributed by atoms with Crippen LogP contribution in [-0.4, -0.2) is 36.1 Å². The highest BCUT2D eigenvalue weighted by atomic mass is 16.4. The normalized spacial score (nSPS) is 11.3. The first-order valence-electron chi connectivity index (χ1n) is 4.04. The zero-order valence-corrected chi connectivity index (χ0v) is 8.28. The molecule has 15 heavy (non-hydrogen) atoms. The molecule has 0 aliphatic rings. The van der Waals surface area contributed by atoms with Crippen LogP contribution in [0, 0.1) is 0 Å². The largest absolute Gasteiger partial charge is 0.481 e. The molecule has 0 rings (SSSR count). The second-order valence-corrected chi connectivity index (χ2v) is 2.67. The van der Waals surface area contributed by atoms with E-state index < -0.39 is 18.3 Å². The molecule has 0 atom stereocenters. The number of aliphatic carboxylic acids is 1. The monoisotopic (exact) mass is 214 g/mol. The van der Waals surface area contributed by atoms with Crippen LogP contribution in [-0.2, 0) is 9.59 Å². The summed E-state index contributed by atoms with van der Waals surface area (Å²) in [6.45, 7) is 0. The molecule has 0 aliphatic heterocycles. The molecule has 0 aromatic carbocycles. The number of amides is 1. The molecule has 0 spiro atoms. The Morgan fingerprint density at radius 1 is 1.53 bits per heavy atom. The Morgan fingerprint density at radius 2 is 2.07 bits per heavy atom. The van der Waals surface area contributed by atoms with Crippen LogP contribution in [0.1, 0.15) is 6.42 Å². The van der Waals surface area contributed by atoms with Crippen molar-refractivity contribution in [1.82, 2.24) is 5.32 Å². The molecule has 0 bridgehead atoms. The quantitative estimate of drug-likeness (QED) is 0.178. The van der Waals surface area contributed by atoms with E-state index in [0.29, 0.717) is 0 Å². The number of carbonyl (C=O) groups excluding carboxylic acids is 1. The van der Waals surface area contributed by atoms with Crippen LogP contribution in [0.15, 0.2) is 11.1 Å². The second-order valence-electron chi connectivity index (χ2n) is 2.67. The number of nitrogens with two attached hydrogens (primary N) is 3. The molecule has 0 heterocycles. The fourth-order valence-corrected chi connectivity index (χ4v) is 0.981. The number of hydrogen-bond acceptors (Lipinski definition) is 2. The van der Waals surface area contributed by atoms with E-state index in [-0.39, 0.29) is 17.0 Å². The van der Waals surface area contributed by atoms with Crippen molar-refractivity contribution in [3.8, 4) is 0 Å². The molecular formula is C8H14N4O3+2. The Balaban J connectivity index is 5.37. The van der Waals surface area contributed by atoms with E-state index in [2.05, 4.69) is 5.32 Å². The Bertz CT molecular complexity index is 346. The fourth-order valence-electron chi connectivity index (χ4n) is 0.981. The predicted molar refractivity (Wildman–Crippen MR) is 52.5 cm³/mol. The molecular weight excluding hydrogens is 200 g/mol. The first-order chi connectivity index (χ1) is 6.93. The number of carbonyl (C=O) groups is 2. The van der Waals surface area contributed by atoms with Crippen LogP contribution in [0.25, 0.3) is 0 Å². The molecule has 0 aromatic heterocycles. The molecule has 0 aromatic rings. The van der Waals surface area contributed by atoms with Gasteiger partial charge in [0.05, 0.1) is 6.42 Å². The van der Waals surface area contributed by atoms with Gasteiger partial charge in [-0.15, -0.1) is 0 Å². The number of likely N-dealkylation sites (N-methyl/N-ethyl adjacent to an activating group) is 1. The average molecular weight is 214 g/mol. The summed E-state index contributed by atoms with van der Waals surface area (Å²) in [5.74, 6) is -1.98. The third-order valence-electron chi connectivity index (χ3n) is 1.61. The van der Waals surface area contributed by atoms with Crippen molar-refractivity contribution in [2.24, 2.45) is 5.73 Å². The molecule has 0 saturated heterocycles. The van der Waals surface area contributed by atoms with Crippen molar-refractivity contribution in [2.75, 3.05) is 7.05 Å². The van der Waals surface area contributed by atoms with Crippen molar-refractivity contribution >= 4 is 23.9 Å². The van der Waals surface area contributed by atoms with Gasteiger partial charge >= 0.3 is 5.97 Å². The number of hydrogen-bond donors (Lipinski definition) is 5. The first-order valence-corrected chi connectivity index (χ1v) is 4.04. The lowest BCUT2D eigenvalue weighted by Gasteiger charge is -2.02. The number of carboxylic acid groups (broad SMARTS) is 1. The van der Waals surface area contributed by atoms with E-state index in [1.807, 2.05) is 0 Å². The summed E-state index contributed by atoms with van der Waals surface area (Å²) in [6, 6.07) is 0. The topological polar surface area (TPSA) is 144 Å². The van der Waals surface area contributed by atoms with E-state index in [0.717, 1.165) is 6.21 Å². The van der Waals surface area contributed by atoms with Crippen molar-refractivity contribution in [3.05, 3.63) is 11.1 Å². The molecule has 82 valence electrons. The zero-order valence-electron chi connectivity index (χ0n) is 8.28. The third-order valence-corrected chi connectivity index (χ3v) is 1.61. The maximum Gasteiger partial charge on any atom is 0.308 e.